The highest BCUT2D eigenvalue weighted by Crippen LogP contribution is 2.22. The molecule has 5 nitrogen and oxygen atoms in total. The van der Waals surface area contributed by atoms with Crippen LogP contribution in [0.5, 0.6) is 0 Å². The summed E-state index contributed by atoms with van der Waals surface area (Å²) < 4.78 is 0. The van der Waals surface area contributed by atoms with Crippen molar-refractivity contribution in [3.8, 4) is 0 Å². The maximum absolute atomic E-state index is 12.2. The lowest BCUT2D eigenvalue weighted by Crippen LogP contribution is -2.49. The van der Waals surface area contributed by atoms with Gasteiger partial charge >= 0.3 is 5.97 Å². The lowest BCUT2D eigenvalue weighted by molar-refractivity contribution is -0.152. The summed E-state index contributed by atoms with van der Waals surface area (Å²) in [5.41, 5.74) is -0.995. The second-order valence-electron chi connectivity index (χ2n) is 6.10. The number of carboxylic acid groups (broad SMARTS) is 1. The molecular formula is C15H22N2O3S. The number of thiophene rings is 1. The summed E-state index contributed by atoms with van der Waals surface area (Å²) in [7, 11) is 0. The van der Waals surface area contributed by atoms with Crippen LogP contribution in [-0.2, 0) is 16.1 Å². The monoisotopic (exact) mass is 310 g/mol. The molecule has 1 N–H and O–H groups in total. The van der Waals surface area contributed by atoms with Crippen molar-refractivity contribution in [3.63, 3.8) is 0 Å². The third kappa shape index (κ3) is 4.28. The zero-order valence-electron chi connectivity index (χ0n) is 12.5. The van der Waals surface area contributed by atoms with Crippen molar-refractivity contribution in [1.82, 2.24) is 9.80 Å². The molecule has 1 saturated heterocycles. The van der Waals surface area contributed by atoms with Gasteiger partial charge in [0.1, 0.15) is 0 Å². The number of nitrogens with zero attached hydrogens (tertiary/aromatic N) is 2. The lowest BCUT2D eigenvalue weighted by atomic mass is 9.89. The van der Waals surface area contributed by atoms with Crippen molar-refractivity contribution in [3.05, 3.63) is 22.4 Å². The summed E-state index contributed by atoms with van der Waals surface area (Å²) in [6.07, 6.45) is 0.0628. The van der Waals surface area contributed by atoms with Crippen LogP contribution >= 0.6 is 11.3 Å². The Morgan fingerprint density at radius 2 is 1.95 bits per heavy atom. The van der Waals surface area contributed by atoms with Gasteiger partial charge in [0.2, 0.25) is 5.91 Å². The van der Waals surface area contributed by atoms with Crippen LogP contribution in [0.1, 0.15) is 25.1 Å². The van der Waals surface area contributed by atoms with E-state index in [-0.39, 0.29) is 12.3 Å². The molecule has 116 valence electrons. The van der Waals surface area contributed by atoms with Crippen molar-refractivity contribution in [2.75, 3.05) is 26.2 Å². The Morgan fingerprint density at radius 3 is 2.48 bits per heavy atom. The number of carboxylic acids is 1. The van der Waals surface area contributed by atoms with Gasteiger partial charge in [0.05, 0.1) is 5.41 Å². The number of piperazine rings is 1. The molecule has 0 atom stereocenters. The van der Waals surface area contributed by atoms with Gasteiger partial charge in [-0.05, 0) is 25.3 Å². The second-order valence-corrected chi connectivity index (χ2v) is 7.13. The normalized spacial score (nSPS) is 17.0. The largest absolute Gasteiger partial charge is 0.481 e. The van der Waals surface area contributed by atoms with E-state index in [1.54, 1.807) is 30.1 Å². The number of carbonyl (C=O) groups excluding carboxylic acids is 1. The summed E-state index contributed by atoms with van der Waals surface area (Å²) in [5, 5.41) is 11.2. The Labute approximate surface area is 129 Å². The first-order chi connectivity index (χ1) is 9.88. The third-order valence-electron chi connectivity index (χ3n) is 3.86. The first kappa shape index (κ1) is 16.0. The first-order valence-electron chi connectivity index (χ1n) is 7.14. The molecule has 0 saturated carbocycles. The lowest BCUT2D eigenvalue weighted by Gasteiger charge is -2.35. The molecular weight excluding hydrogens is 288 g/mol. The minimum atomic E-state index is -0.995. The van der Waals surface area contributed by atoms with E-state index >= 15 is 0 Å². The molecule has 1 aliphatic rings. The molecule has 0 aliphatic carbocycles. The fourth-order valence-corrected chi connectivity index (χ4v) is 3.09. The van der Waals surface area contributed by atoms with E-state index in [0.717, 1.165) is 19.6 Å². The van der Waals surface area contributed by atoms with Crippen molar-refractivity contribution < 1.29 is 14.7 Å². The predicted octanol–water partition coefficient (Wildman–Crippen LogP) is 1.89. The number of rotatable bonds is 5. The Balaban J connectivity index is 1.80. The summed E-state index contributed by atoms with van der Waals surface area (Å²) in [4.78, 5) is 28.7. The van der Waals surface area contributed by atoms with Crippen LogP contribution in [0.15, 0.2) is 17.5 Å². The third-order valence-corrected chi connectivity index (χ3v) is 4.72. The van der Waals surface area contributed by atoms with Gasteiger partial charge < -0.3 is 10.0 Å². The molecule has 0 aromatic carbocycles. The van der Waals surface area contributed by atoms with E-state index < -0.39 is 11.4 Å². The Bertz CT molecular complexity index is 491. The van der Waals surface area contributed by atoms with E-state index in [2.05, 4.69) is 16.3 Å². The number of hydrogen-bond acceptors (Lipinski definition) is 4. The second kappa shape index (κ2) is 6.58. The zero-order valence-corrected chi connectivity index (χ0v) is 13.4. The SMILES string of the molecule is CC(C)(CC(=O)N1CCN(Cc2cccs2)CC1)C(=O)O. The number of hydrogen-bond donors (Lipinski definition) is 1. The quantitative estimate of drug-likeness (QED) is 0.902. The van der Waals surface area contributed by atoms with Gasteiger partial charge in [0.15, 0.2) is 0 Å². The van der Waals surface area contributed by atoms with Crippen LogP contribution in [0.25, 0.3) is 0 Å². The van der Waals surface area contributed by atoms with E-state index in [0.29, 0.717) is 13.1 Å². The van der Waals surface area contributed by atoms with Gasteiger partial charge in [-0.1, -0.05) is 6.07 Å². The minimum absolute atomic E-state index is 0.0572. The Kier molecular flexibility index (Phi) is 5.00. The predicted molar refractivity (Wildman–Crippen MR) is 82.2 cm³/mol. The van der Waals surface area contributed by atoms with E-state index in [1.165, 1.54) is 4.88 Å². The Hall–Kier alpha value is -1.40. The molecule has 2 rings (SSSR count). The molecule has 0 radical (unpaired) electrons. The summed E-state index contributed by atoms with van der Waals surface area (Å²) >= 11 is 1.75. The van der Waals surface area contributed by atoms with Crippen molar-refractivity contribution in [2.45, 2.75) is 26.8 Å². The number of aliphatic carboxylic acids is 1. The summed E-state index contributed by atoms with van der Waals surface area (Å²) in [5.74, 6) is -0.981. The Morgan fingerprint density at radius 1 is 1.29 bits per heavy atom. The van der Waals surface area contributed by atoms with Crippen LogP contribution in [0.3, 0.4) is 0 Å². The van der Waals surface area contributed by atoms with Crippen molar-refractivity contribution in [2.24, 2.45) is 5.41 Å². The molecule has 0 unspecified atom stereocenters. The van der Waals surface area contributed by atoms with E-state index in [4.69, 9.17) is 5.11 Å². The molecule has 1 amide bonds. The van der Waals surface area contributed by atoms with Gasteiger partial charge in [-0.25, -0.2) is 0 Å². The molecule has 1 fully saturated rings. The van der Waals surface area contributed by atoms with Gasteiger partial charge in [0, 0.05) is 44.0 Å². The van der Waals surface area contributed by atoms with Crippen molar-refractivity contribution in [1.29, 1.82) is 0 Å². The molecule has 0 bridgehead atoms. The summed E-state index contributed by atoms with van der Waals surface area (Å²) in [6.45, 7) is 7.18. The topological polar surface area (TPSA) is 60.9 Å². The van der Waals surface area contributed by atoms with Gasteiger partial charge in [-0.15, -0.1) is 11.3 Å². The molecule has 1 aromatic heterocycles. The van der Waals surface area contributed by atoms with Crippen LogP contribution in [0.4, 0.5) is 0 Å². The number of carbonyl (C=O) groups is 2. The van der Waals surface area contributed by atoms with Gasteiger partial charge in [-0.3, -0.25) is 14.5 Å². The van der Waals surface area contributed by atoms with Crippen LogP contribution in [-0.4, -0.2) is 53.0 Å². The highest BCUT2D eigenvalue weighted by Gasteiger charge is 2.33. The standard InChI is InChI=1S/C15H22N2O3S/c1-15(2,14(19)20)10-13(18)17-7-5-16(6-8-17)11-12-4-3-9-21-12/h3-4,9H,5-8,10-11H2,1-2H3,(H,19,20). The minimum Gasteiger partial charge on any atom is -0.481 e. The number of amides is 1. The molecule has 6 heteroatoms. The highest BCUT2D eigenvalue weighted by molar-refractivity contribution is 7.09. The maximum atomic E-state index is 12.2. The smallest absolute Gasteiger partial charge is 0.309 e. The van der Waals surface area contributed by atoms with Crippen molar-refractivity contribution >= 4 is 23.2 Å². The van der Waals surface area contributed by atoms with Crippen LogP contribution < -0.4 is 0 Å². The van der Waals surface area contributed by atoms with Crippen LogP contribution in [0, 0.1) is 5.41 Å². The fourth-order valence-electron chi connectivity index (χ4n) is 2.34. The fraction of sp³-hybridized carbons (Fsp3) is 0.600. The molecule has 0 spiro atoms. The highest BCUT2D eigenvalue weighted by atomic mass is 32.1. The molecule has 2 heterocycles. The maximum Gasteiger partial charge on any atom is 0.309 e. The first-order valence-corrected chi connectivity index (χ1v) is 8.02. The average Bonchev–Trinajstić information content (AvgIpc) is 2.91. The molecule has 1 aromatic rings. The zero-order chi connectivity index (χ0) is 15.5. The van der Waals surface area contributed by atoms with E-state index in [1.807, 2.05) is 6.07 Å². The van der Waals surface area contributed by atoms with E-state index in [9.17, 15) is 9.59 Å². The van der Waals surface area contributed by atoms with Gasteiger partial charge in [0.25, 0.3) is 0 Å². The summed E-state index contributed by atoms with van der Waals surface area (Å²) in [6, 6.07) is 4.17. The molecule has 21 heavy (non-hydrogen) atoms. The van der Waals surface area contributed by atoms with Crippen LogP contribution in [0.2, 0.25) is 0 Å². The van der Waals surface area contributed by atoms with Gasteiger partial charge in [-0.2, -0.15) is 0 Å². The average molecular weight is 310 g/mol. The molecule has 1 aliphatic heterocycles.